The molecule has 1 spiro atoms. The molecule has 310 valence electrons. The molecule has 2 fully saturated rings. The first-order valence-corrected chi connectivity index (χ1v) is 21.5. The van der Waals surface area contributed by atoms with E-state index in [-0.39, 0.29) is 36.9 Å². The average molecular weight is 779 g/mol. The van der Waals surface area contributed by atoms with Gasteiger partial charge in [0.25, 0.3) is 0 Å². The van der Waals surface area contributed by atoms with E-state index in [2.05, 4.69) is 97.8 Å². The Morgan fingerprint density at radius 3 is 2.58 bits per heavy atom. The van der Waals surface area contributed by atoms with Crippen LogP contribution >= 0.6 is 0 Å². The van der Waals surface area contributed by atoms with Crippen molar-refractivity contribution in [2.45, 2.75) is 115 Å². The van der Waals surface area contributed by atoms with E-state index in [9.17, 15) is 25.2 Å². The van der Waals surface area contributed by atoms with E-state index in [4.69, 9.17) is 0 Å². The van der Waals surface area contributed by atoms with Gasteiger partial charge in [0.05, 0.1) is 18.3 Å². The van der Waals surface area contributed by atoms with Crippen molar-refractivity contribution < 1.29 is 25.2 Å². The lowest BCUT2D eigenvalue weighted by atomic mass is 9.51. The number of carbonyl (C=O) groups is 1. The molecule has 7 nitrogen and oxygen atoms in total. The molecule has 1 aliphatic heterocycles. The monoisotopic (exact) mass is 779 g/mol. The molecule has 2 aliphatic carbocycles. The second-order valence-electron chi connectivity index (χ2n) is 17.3. The molecule has 0 amide bonds. The maximum atomic E-state index is 12.6. The van der Waals surface area contributed by atoms with Crippen LogP contribution in [0.1, 0.15) is 101 Å². The van der Waals surface area contributed by atoms with E-state index in [1.54, 1.807) is 0 Å². The third kappa shape index (κ3) is 10.4. The zero-order valence-electron chi connectivity index (χ0n) is 35.1. The Kier molecular flexibility index (Phi) is 16.5. The van der Waals surface area contributed by atoms with Crippen molar-refractivity contribution in [3.05, 3.63) is 130 Å². The Morgan fingerprint density at radius 1 is 1.07 bits per heavy atom. The van der Waals surface area contributed by atoms with Crippen molar-refractivity contribution in [3.63, 3.8) is 0 Å². The highest BCUT2D eigenvalue weighted by Gasteiger charge is 2.65. The molecule has 2 saturated carbocycles. The maximum Gasteiger partial charge on any atom is 0.145 e. The summed E-state index contributed by atoms with van der Waals surface area (Å²) in [5.74, 6) is -0.254. The molecule has 2 bridgehead atoms. The first-order valence-electron chi connectivity index (χ1n) is 21.5. The van der Waals surface area contributed by atoms with Crippen LogP contribution < -0.4 is 10.6 Å². The summed E-state index contributed by atoms with van der Waals surface area (Å²) in [6.07, 6.45) is 15.8. The molecular weight excluding hydrogens is 709 g/mol. The highest BCUT2D eigenvalue weighted by Crippen LogP contribution is 2.64. The first-order chi connectivity index (χ1) is 27.5. The van der Waals surface area contributed by atoms with Crippen LogP contribution in [0, 0.1) is 23.2 Å². The van der Waals surface area contributed by atoms with Crippen LogP contribution in [0.5, 0.6) is 0 Å². The maximum absolute atomic E-state index is 12.6. The number of aryl methyl sites for hydroxylation is 1. The summed E-state index contributed by atoms with van der Waals surface area (Å²) in [7, 11) is 1.87. The minimum atomic E-state index is -1.18. The fourth-order valence-corrected chi connectivity index (χ4v) is 10.6. The summed E-state index contributed by atoms with van der Waals surface area (Å²) < 4.78 is 0. The van der Waals surface area contributed by atoms with E-state index in [0.717, 1.165) is 55.2 Å². The molecule has 2 aromatic carbocycles. The number of hydrogen-bond acceptors (Lipinski definition) is 7. The fourth-order valence-electron chi connectivity index (χ4n) is 10.6. The molecule has 0 radical (unpaired) electrons. The van der Waals surface area contributed by atoms with Crippen LogP contribution in [0.25, 0.3) is 0 Å². The molecular formula is C50H70N2O5. The lowest BCUT2D eigenvalue weighted by Gasteiger charge is -2.57. The number of nitrogens with one attached hydrogen (secondary N) is 2. The quantitative estimate of drug-likeness (QED) is 0.0474. The van der Waals surface area contributed by atoms with Crippen molar-refractivity contribution >= 4 is 6.29 Å². The van der Waals surface area contributed by atoms with Gasteiger partial charge in [0.1, 0.15) is 6.29 Å². The molecule has 0 aromatic heterocycles. The number of aliphatic hydroxyl groups is 4. The third-order valence-electron chi connectivity index (χ3n) is 13.8. The van der Waals surface area contributed by atoms with Gasteiger partial charge < -0.3 is 31.1 Å². The van der Waals surface area contributed by atoms with Crippen molar-refractivity contribution in [2.75, 3.05) is 33.4 Å². The van der Waals surface area contributed by atoms with Gasteiger partial charge >= 0.3 is 0 Å². The SMILES string of the molecule is C=C(C=CC=C(CO)C1CCC2(C(CCCO)C(=C(C)C=O)CCC2(O)CCNC)C1O)C1CC=C(C)CNC(C)Cc2cccc(c2)C1CCc1ccccc1. The van der Waals surface area contributed by atoms with Gasteiger partial charge in [-0.1, -0.05) is 102 Å². The van der Waals surface area contributed by atoms with Crippen LogP contribution in [0.2, 0.25) is 0 Å². The molecule has 2 aromatic rings. The predicted molar refractivity (Wildman–Crippen MR) is 233 cm³/mol. The van der Waals surface area contributed by atoms with E-state index >= 15 is 0 Å². The van der Waals surface area contributed by atoms with Crippen LogP contribution in [0.4, 0.5) is 0 Å². The summed E-state index contributed by atoms with van der Waals surface area (Å²) in [4.78, 5) is 12.1. The van der Waals surface area contributed by atoms with E-state index < -0.39 is 17.1 Å². The Labute approximate surface area is 342 Å². The Bertz CT molecular complexity index is 1760. The third-order valence-corrected chi connectivity index (χ3v) is 13.8. The Balaban J connectivity index is 1.48. The zero-order chi connectivity index (χ0) is 41.0. The van der Waals surface area contributed by atoms with Gasteiger partial charge in [0, 0.05) is 30.5 Å². The van der Waals surface area contributed by atoms with Gasteiger partial charge in [-0.2, -0.15) is 0 Å². The Hall–Kier alpha value is -3.43. The summed E-state index contributed by atoms with van der Waals surface area (Å²) in [5.41, 5.74) is 6.59. The number of aldehydes is 1. The molecule has 3 aliphatic rings. The minimum absolute atomic E-state index is 0.00403. The van der Waals surface area contributed by atoms with E-state index in [1.807, 2.05) is 26.1 Å². The van der Waals surface area contributed by atoms with Crippen LogP contribution in [-0.4, -0.2) is 77.8 Å². The minimum Gasteiger partial charge on any atom is -0.396 e. The van der Waals surface area contributed by atoms with Crippen molar-refractivity contribution in [1.29, 1.82) is 0 Å². The van der Waals surface area contributed by atoms with Crippen LogP contribution in [-0.2, 0) is 17.6 Å². The second kappa shape index (κ2) is 21.0. The van der Waals surface area contributed by atoms with Crippen molar-refractivity contribution in [2.24, 2.45) is 23.2 Å². The number of hydrogen-bond donors (Lipinski definition) is 6. The normalized spacial score (nSPS) is 30.8. The van der Waals surface area contributed by atoms with E-state index in [1.165, 1.54) is 22.3 Å². The lowest BCUT2D eigenvalue weighted by molar-refractivity contribution is -0.180. The summed E-state index contributed by atoms with van der Waals surface area (Å²) in [5, 5.41) is 52.8. The zero-order valence-corrected chi connectivity index (χ0v) is 35.1. The molecule has 8 unspecified atom stereocenters. The first kappa shape index (κ1) is 44.7. The standard InChI is InChI=1S/C50H70N2O5/c1-35-19-21-43(45(22-20-39-13-7-6-8-14-39)41-16-10-15-40(31-41)30-38(4)52-32-35)36(2)12-9-17-42(34-55)46-24-26-50(48(46)56)47(18-11-29-53)44(37(3)33-54)23-25-49(50,57)27-28-51-5/h6-10,12-17,19,31,33,38,43,45-48,51-53,55-57H,2,11,18,20-30,32,34H2,1,3-5H3. The van der Waals surface area contributed by atoms with Gasteiger partial charge in [-0.15, -0.1) is 0 Å². The van der Waals surface area contributed by atoms with Gasteiger partial charge in [0.2, 0.25) is 0 Å². The molecule has 5 rings (SSSR count). The molecule has 7 heteroatoms. The highest BCUT2D eigenvalue weighted by molar-refractivity contribution is 5.74. The number of allylic oxidation sites excluding steroid dienone is 7. The number of fused-ring (bicyclic) bond motifs is 2. The fraction of sp³-hybridized carbons (Fsp3) is 0.540. The average Bonchev–Trinajstić information content (AvgIpc) is 3.56. The van der Waals surface area contributed by atoms with Gasteiger partial charge in [-0.3, -0.25) is 4.79 Å². The number of aliphatic hydroxyl groups excluding tert-OH is 3. The van der Waals surface area contributed by atoms with Gasteiger partial charge in [-0.05, 0) is 151 Å². The summed E-state index contributed by atoms with van der Waals surface area (Å²) in [6, 6.07) is 20.2. The van der Waals surface area contributed by atoms with E-state index in [0.29, 0.717) is 63.1 Å². The molecule has 1 heterocycles. The predicted octanol–water partition coefficient (Wildman–Crippen LogP) is 7.72. The van der Waals surface area contributed by atoms with Crippen molar-refractivity contribution in [3.8, 4) is 0 Å². The molecule has 6 N–H and O–H groups in total. The van der Waals surface area contributed by atoms with Crippen LogP contribution in [0.15, 0.2) is 113 Å². The number of rotatable bonds is 15. The lowest BCUT2D eigenvalue weighted by Crippen LogP contribution is -2.61. The van der Waals surface area contributed by atoms with Crippen LogP contribution in [0.3, 0.4) is 0 Å². The van der Waals surface area contributed by atoms with Crippen molar-refractivity contribution in [1.82, 2.24) is 10.6 Å². The largest absolute Gasteiger partial charge is 0.396 e. The second-order valence-corrected chi connectivity index (χ2v) is 17.3. The Morgan fingerprint density at radius 2 is 1.86 bits per heavy atom. The topological polar surface area (TPSA) is 122 Å². The molecule has 8 atom stereocenters. The highest BCUT2D eigenvalue weighted by atomic mass is 16.3. The number of carbonyl (C=O) groups excluding carboxylic acids is 1. The summed E-state index contributed by atoms with van der Waals surface area (Å²) in [6.45, 7) is 12.2. The molecule has 0 saturated heterocycles. The summed E-state index contributed by atoms with van der Waals surface area (Å²) >= 11 is 0. The van der Waals surface area contributed by atoms with Gasteiger partial charge in [0.15, 0.2) is 0 Å². The van der Waals surface area contributed by atoms with Gasteiger partial charge in [-0.25, -0.2) is 0 Å². The number of benzene rings is 2. The molecule has 57 heavy (non-hydrogen) atoms. The smallest absolute Gasteiger partial charge is 0.145 e.